The number of amides is 3. The van der Waals surface area contributed by atoms with Crippen LogP contribution < -0.4 is 11.5 Å². The van der Waals surface area contributed by atoms with Gasteiger partial charge in [-0.25, -0.2) is 0 Å². The largest absolute Gasteiger partial charge is 0.379 e. The van der Waals surface area contributed by atoms with Crippen LogP contribution in [0.1, 0.15) is 62.3 Å². The molecule has 0 atom stereocenters. The van der Waals surface area contributed by atoms with Gasteiger partial charge in [0.1, 0.15) is 0 Å². The number of benzene rings is 2. The number of fused-ring (bicyclic) bond motifs is 1. The van der Waals surface area contributed by atoms with Crippen molar-refractivity contribution in [3.8, 4) is 0 Å². The minimum Gasteiger partial charge on any atom is -0.379 e. The van der Waals surface area contributed by atoms with Gasteiger partial charge in [0.2, 0.25) is 6.41 Å². The SMILES string of the molecule is Cc1ccc(C=O)c2c(C(=O)N(C)CCCOCCOCCOCCCN)ccc(C(=O)N(C=O)CCCOCCOCCOCCCN)c12. The second-order valence-corrected chi connectivity index (χ2v) is 11.5. The van der Waals surface area contributed by atoms with Gasteiger partial charge in [0.25, 0.3) is 11.8 Å². The van der Waals surface area contributed by atoms with Crippen LogP contribution in [0.4, 0.5) is 0 Å². The monoisotopic (exact) mass is 704 g/mol. The van der Waals surface area contributed by atoms with Gasteiger partial charge in [-0.3, -0.25) is 24.1 Å². The Balaban J connectivity index is 1.92. The molecule has 0 aromatic heterocycles. The first-order valence-electron chi connectivity index (χ1n) is 17.3. The Kier molecular flexibility index (Phi) is 22.7. The van der Waals surface area contributed by atoms with Crippen LogP contribution in [0.25, 0.3) is 10.8 Å². The smallest absolute Gasteiger partial charge is 0.260 e. The zero-order chi connectivity index (χ0) is 36.4. The highest BCUT2D eigenvalue weighted by Gasteiger charge is 2.24. The standard InChI is InChI=1S/C36H56N4O10/c1-29-7-8-30(27-41)34-32(35(43)39(2)13-5-17-47-21-25-49-23-19-45-15-3-11-37)10-9-31(33(29)34)36(44)40(28-42)14-6-18-48-22-26-50-24-20-46-16-4-12-38/h7-10,27-28H,3-6,11-26,37-38H2,1-2H3. The first-order valence-corrected chi connectivity index (χ1v) is 17.3. The van der Waals surface area contributed by atoms with E-state index in [0.29, 0.717) is 146 Å². The van der Waals surface area contributed by atoms with Crippen molar-refractivity contribution in [3.63, 3.8) is 0 Å². The molecule has 0 radical (unpaired) electrons. The number of aryl methyl sites for hydroxylation is 1. The van der Waals surface area contributed by atoms with Crippen LogP contribution in [-0.4, -0.2) is 147 Å². The Morgan fingerprint density at radius 3 is 1.50 bits per heavy atom. The van der Waals surface area contributed by atoms with Crippen molar-refractivity contribution in [2.24, 2.45) is 11.5 Å². The van der Waals surface area contributed by atoms with E-state index in [0.717, 1.165) is 17.7 Å². The van der Waals surface area contributed by atoms with Crippen molar-refractivity contribution >= 4 is 35.3 Å². The van der Waals surface area contributed by atoms with Crippen LogP contribution in [0.15, 0.2) is 24.3 Å². The fourth-order valence-corrected chi connectivity index (χ4v) is 5.01. The maximum Gasteiger partial charge on any atom is 0.260 e. The van der Waals surface area contributed by atoms with Crippen LogP contribution in [0.5, 0.6) is 0 Å². The Morgan fingerprint density at radius 2 is 1.04 bits per heavy atom. The molecule has 0 spiro atoms. The van der Waals surface area contributed by atoms with Crippen molar-refractivity contribution in [1.82, 2.24) is 9.80 Å². The predicted molar refractivity (Wildman–Crippen MR) is 190 cm³/mol. The number of carbonyl (C=O) groups excluding carboxylic acids is 4. The normalized spacial score (nSPS) is 11.2. The zero-order valence-corrected chi connectivity index (χ0v) is 29.7. The zero-order valence-electron chi connectivity index (χ0n) is 29.7. The lowest BCUT2D eigenvalue weighted by atomic mass is 9.91. The second-order valence-electron chi connectivity index (χ2n) is 11.5. The average Bonchev–Trinajstić information content (AvgIpc) is 3.13. The molecule has 14 heteroatoms. The molecular formula is C36H56N4O10. The Bertz CT molecular complexity index is 1300. The number of hydrogen-bond acceptors (Lipinski definition) is 12. The molecule has 2 aromatic rings. The maximum absolute atomic E-state index is 13.6. The van der Waals surface area contributed by atoms with Gasteiger partial charge in [-0.2, -0.15) is 0 Å². The number of ether oxygens (including phenoxy) is 6. The maximum atomic E-state index is 13.6. The van der Waals surface area contributed by atoms with Gasteiger partial charge in [-0.05, 0) is 68.8 Å². The lowest BCUT2D eigenvalue weighted by Crippen LogP contribution is -2.32. The topological polar surface area (TPSA) is 182 Å². The number of nitrogens with zero attached hydrogens (tertiary/aromatic N) is 2. The lowest BCUT2D eigenvalue weighted by Gasteiger charge is -2.22. The fraction of sp³-hybridized carbons (Fsp3) is 0.611. The Labute approximate surface area is 295 Å². The summed E-state index contributed by atoms with van der Waals surface area (Å²) in [6, 6.07) is 6.45. The van der Waals surface area contributed by atoms with Gasteiger partial charge < -0.3 is 44.8 Å². The van der Waals surface area contributed by atoms with E-state index < -0.39 is 5.91 Å². The van der Waals surface area contributed by atoms with E-state index in [1.54, 1.807) is 43.1 Å². The molecule has 0 heterocycles. The van der Waals surface area contributed by atoms with Crippen LogP contribution in [0.3, 0.4) is 0 Å². The Hall–Kier alpha value is -3.34. The molecule has 0 saturated carbocycles. The molecule has 50 heavy (non-hydrogen) atoms. The van der Waals surface area contributed by atoms with Crippen molar-refractivity contribution in [1.29, 1.82) is 0 Å². The predicted octanol–water partition coefficient (Wildman–Crippen LogP) is 2.21. The van der Waals surface area contributed by atoms with E-state index in [-0.39, 0.29) is 23.6 Å². The molecule has 0 aliphatic rings. The molecule has 0 bridgehead atoms. The van der Waals surface area contributed by atoms with Crippen molar-refractivity contribution in [2.45, 2.75) is 32.6 Å². The molecule has 14 nitrogen and oxygen atoms in total. The summed E-state index contributed by atoms with van der Waals surface area (Å²) >= 11 is 0. The van der Waals surface area contributed by atoms with Crippen molar-refractivity contribution < 1.29 is 47.6 Å². The molecule has 0 aliphatic carbocycles. The average molecular weight is 705 g/mol. The molecule has 2 aromatic carbocycles. The van der Waals surface area contributed by atoms with Crippen LogP contribution in [-0.2, 0) is 33.2 Å². The van der Waals surface area contributed by atoms with E-state index in [1.165, 1.54) is 0 Å². The number of aldehydes is 1. The van der Waals surface area contributed by atoms with E-state index in [1.807, 2.05) is 0 Å². The van der Waals surface area contributed by atoms with Crippen LogP contribution in [0, 0.1) is 6.92 Å². The summed E-state index contributed by atoms with van der Waals surface area (Å²) in [7, 11) is 1.68. The first kappa shape index (κ1) is 42.8. The molecule has 2 rings (SSSR count). The highest BCUT2D eigenvalue weighted by atomic mass is 16.5. The third kappa shape index (κ3) is 15.3. The number of rotatable bonds is 30. The molecular weight excluding hydrogens is 648 g/mol. The van der Waals surface area contributed by atoms with Gasteiger partial charge >= 0.3 is 0 Å². The summed E-state index contributed by atoms with van der Waals surface area (Å²) in [5, 5.41) is 0.835. The van der Waals surface area contributed by atoms with E-state index in [4.69, 9.17) is 39.9 Å². The number of hydrogen-bond donors (Lipinski definition) is 2. The minimum atomic E-state index is -0.526. The van der Waals surface area contributed by atoms with E-state index in [9.17, 15) is 19.2 Å². The quantitative estimate of drug-likeness (QED) is 0.0895. The summed E-state index contributed by atoms with van der Waals surface area (Å²) in [6.07, 6.45) is 3.80. The van der Waals surface area contributed by atoms with Gasteiger partial charge in [0.15, 0.2) is 6.29 Å². The highest BCUT2D eigenvalue weighted by molar-refractivity contribution is 6.19. The molecule has 280 valence electrons. The van der Waals surface area contributed by atoms with Gasteiger partial charge in [-0.1, -0.05) is 12.1 Å². The summed E-state index contributed by atoms with van der Waals surface area (Å²) in [5.41, 5.74) is 12.3. The molecule has 3 amide bonds. The first-order chi connectivity index (χ1) is 24.4. The lowest BCUT2D eigenvalue weighted by molar-refractivity contribution is -0.116. The second kappa shape index (κ2) is 26.5. The summed E-state index contributed by atoms with van der Waals surface area (Å²) in [6.45, 7) is 9.12. The molecule has 0 unspecified atom stereocenters. The molecule has 4 N–H and O–H groups in total. The summed E-state index contributed by atoms with van der Waals surface area (Å²) < 4.78 is 32.9. The van der Waals surface area contributed by atoms with Crippen molar-refractivity contribution in [3.05, 3.63) is 46.5 Å². The summed E-state index contributed by atoms with van der Waals surface area (Å²) in [5.74, 6) is -0.824. The van der Waals surface area contributed by atoms with E-state index in [2.05, 4.69) is 0 Å². The van der Waals surface area contributed by atoms with Gasteiger partial charge in [0, 0.05) is 68.6 Å². The minimum absolute atomic E-state index is 0.132. The van der Waals surface area contributed by atoms with Gasteiger partial charge in [-0.15, -0.1) is 0 Å². The third-order valence-electron chi connectivity index (χ3n) is 7.67. The number of carbonyl (C=O) groups is 4. The fourth-order valence-electron chi connectivity index (χ4n) is 5.01. The highest BCUT2D eigenvalue weighted by Crippen LogP contribution is 2.30. The Morgan fingerprint density at radius 1 is 0.600 bits per heavy atom. The van der Waals surface area contributed by atoms with Crippen LogP contribution >= 0.6 is 0 Å². The van der Waals surface area contributed by atoms with Gasteiger partial charge in [0.05, 0.1) is 52.9 Å². The third-order valence-corrected chi connectivity index (χ3v) is 7.67. The van der Waals surface area contributed by atoms with Crippen LogP contribution in [0.2, 0.25) is 0 Å². The number of imide groups is 1. The molecule has 0 aliphatic heterocycles. The number of nitrogens with two attached hydrogens (primary N) is 2. The molecule has 0 fully saturated rings. The summed E-state index contributed by atoms with van der Waals surface area (Å²) in [4.78, 5) is 54.0. The molecule has 0 saturated heterocycles. The van der Waals surface area contributed by atoms with Crippen molar-refractivity contribution in [2.75, 3.05) is 113 Å². The van der Waals surface area contributed by atoms with E-state index >= 15 is 0 Å².